The highest BCUT2D eigenvalue weighted by molar-refractivity contribution is 5.76. The molecule has 0 aliphatic carbocycles. The lowest BCUT2D eigenvalue weighted by molar-refractivity contribution is -0.123. The van der Waals surface area contributed by atoms with Crippen LogP contribution in [0.5, 0.6) is 0 Å². The zero-order chi connectivity index (χ0) is 16.0. The van der Waals surface area contributed by atoms with Gasteiger partial charge in [-0.15, -0.1) is 0 Å². The molecule has 1 rings (SSSR count). The summed E-state index contributed by atoms with van der Waals surface area (Å²) in [5.74, 6) is 0.382. The summed E-state index contributed by atoms with van der Waals surface area (Å²) in [4.78, 5) is 11.9. The minimum atomic E-state index is 0.0375. The van der Waals surface area contributed by atoms with Crippen molar-refractivity contribution in [3.05, 3.63) is 35.4 Å². The van der Waals surface area contributed by atoms with Crippen molar-refractivity contribution in [1.29, 1.82) is 0 Å². The quantitative estimate of drug-likeness (QED) is 0.865. The zero-order valence-electron chi connectivity index (χ0n) is 14.2. The van der Waals surface area contributed by atoms with Crippen molar-refractivity contribution in [2.24, 2.45) is 5.92 Å². The standard InChI is InChI=1S/C18H29NO2/c1-13(2)17(19-16(20)11-12-21-6)14-7-9-15(10-8-14)18(3,4)5/h7-10,13,17H,11-12H2,1-6H3,(H,19,20). The number of ether oxygens (including phenoxy) is 1. The summed E-state index contributed by atoms with van der Waals surface area (Å²) >= 11 is 0. The minimum absolute atomic E-state index is 0.0375. The molecule has 0 fully saturated rings. The summed E-state index contributed by atoms with van der Waals surface area (Å²) in [5, 5.41) is 3.11. The Morgan fingerprint density at radius 3 is 2.19 bits per heavy atom. The van der Waals surface area contributed by atoms with Crippen LogP contribution in [0, 0.1) is 5.92 Å². The monoisotopic (exact) mass is 291 g/mol. The largest absolute Gasteiger partial charge is 0.384 e. The van der Waals surface area contributed by atoms with Gasteiger partial charge < -0.3 is 10.1 Å². The number of amides is 1. The Bertz CT molecular complexity index is 443. The molecule has 0 heterocycles. The predicted octanol–water partition coefficient (Wildman–Crippen LogP) is 3.83. The Hall–Kier alpha value is -1.35. The third-order valence-electron chi connectivity index (χ3n) is 3.65. The van der Waals surface area contributed by atoms with E-state index < -0.39 is 0 Å². The van der Waals surface area contributed by atoms with E-state index in [9.17, 15) is 4.79 Å². The van der Waals surface area contributed by atoms with E-state index in [0.717, 1.165) is 5.56 Å². The van der Waals surface area contributed by atoms with Crippen molar-refractivity contribution < 1.29 is 9.53 Å². The lowest BCUT2D eigenvalue weighted by atomic mass is 9.85. The molecule has 0 aliphatic rings. The van der Waals surface area contributed by atoms with E-state index in [1.54, 1.807) is 7.11 Å². The van der Waals surface area contributed by atoms with E-state index in [0.29, 0.717) is 18.9 Å². The van der Waals surface area contributed by atoms with Crippen LogP contribution in [0.1, 0.15) is 58.2 Å². The van der Waals surface area contributed by atoms with Crippen LogP contribution in [0.4, 0.5) is 0 Å². The summed E-state index contributed by atoms with van der Waals surface area (Å²) in [6.45, 7) is 11.3. The fraction of sp³-hybridized carbons (Fsp3) is 0.611. The summed E-state index contributed by atoms with van der Waals surface area (Å²) in [7, 11) is 1.61. The van der Waals surface area contributed by atoms with Crippen molar-refractivity contribution in [2.45, 2.75) is 52.5 Å². The van der Waals surface area contributed by atoms with Crippen LogP contribution < -0.4 is 5.32 Å². The summed E-state index contributed by atoms with van der Waals surface area (Å²) in [6, 6.07) is 8.62. The smallest absolute Gasteiger partial charge is 0.222 e. The SMILES string of the molecule is COCCC(=O)NC(c1ccc(C(C)(C)C)cc1)C(C)C. The van der Waals surface area contributed by atoms with Gasteiger partial charge in [0.15, 0.2) is 0 Å². The van der Waals surface area contributed by atoms with Gasteiger partial charge in [0.2, 0.25) is 5.91 Å². The Labute approximate surface area is 129 Å². The van der Waals surface area contributed by atoms with Crippen LogP contribution in [-0.2, 0) is 14.9 Å². The number of rotatable bonds is 6. The van der Waals surface area contributed by atoms with Crippen molar-refractivity contribution in [3.8, 4) is 0 Å². The first-order valence-corrected chi connectivity index (χ1v) is 7.64. The van der Waals surface area contributed by atoms with E-state index in [1.807, 2.05) is 0 Å². The maximum absolute atomic E-state index is 11.9. The number of benzene rings is 1. The number of nitrogens with one attached hydrogen (secondary N) is 1. The van der Waals surface area contributed by atoms with Crippen molar-refractivity contribution in [1.82, 2.24) is 5.32 Å². The molecular formula is C18H29NO2. The molecule has 0 aromatic heterocycles. The van der Waals surface area contributed by atoms with Gasteiger partial charge in [-0.25, -0.2) is 0 Å². The summed E-state index contributed by atoms with van der Waals surface area (Å²) in [6.07, 6.45) is 0.403. The van der Waals surface area contributed by atoms with Crippen LogP contribution in [-0.4, -0.2) is 19.6 Å². The molecule has 0 bridgehead atoms. The van der Waals surface area contributed by atoms with Gasteiger partial charge in [-0.3, -0.25) is 4.79 Å². The summed E-state index contributed by atoms with van der Waals surface area (Å²) in [5.41, 5.74) is 2.61. The molecule has 1 aromatic carbocycles. The Morgan fingerprint density at radius 2 is 1.76 bits per heavy atom. The Morgan fingerprint density at radius 1 is 1.19 bits per heavy atom. The first kappa shape index (κ1) is 17.7. The number of methoxy groups -OCH3 is 1. The fourth-order valence-electron chi connectivity index (χ4n) is 2.27. The molecule has 1 amide bonds. The molecule has 1 N–H and O–H groups in total. The highest BCUT2D eigenvalue weighted by Gasteiger charge is 2.19. The number of hydrogen-bond acceptors (Lipinski definition) is 2. The predicted molar refractivity (Wildman–Crippen MR) is 87.4 cm³/mol. The number of carbonyl (C=O) groups is 1. The molecular weight excluding hydrogens is 262 g/mol. The van der Waals surface area contributed by atoms with Crippen LogP contribution in [0.15, 0.2) is 24.3 Å². The molecule has 3 heteroatoms. The zero-order valence-corrected chi connectivity index (χ0v) is 14.2. The maximum Gasteiger partial charge on any atom is 0.222 e. The fourth-order valence-corrected chi connectivity index (χ4v) is 2.27. The average molecular weight is 291 g/mol. The van der Waals surface area contributed by atoms with E-state index in [-0.39, 0.29) is 17.4 Å². The lowest BCUT2D eigenvalue weighted by Gasteiger charge is -2.25. The molecule has 21 heavy (non-hydrogen) atoms. The van der Waals surface area contributed by atoms with Crippen molar-refractivity contribution in [3.63, 3.8) is 0 Å². The van der Waals surface area contributed by atoms with Gasteiger partial charge in [-0.1, -0.05) is 58.9 Å². The van der Waals surface area contributed by atoms with E-state index in [4.69, 9.17) is 4.74 Å². The highest BCUT2D eigenvalue weighted by atomic mass is 16.5. The lowest BCUT2D eigenvalue weighted by Crippen LogP contribution is -2.32. The molecule has 1 unspecified atom stereocenters. The van der Waals surface area contributed by atoms with E-state index in [1.165, 1.54) is 5.56 Å². The molecule has 1 atom stereocenters. The second kappa shape index (κ2) is 7.60. The van der Waals surface area contributed by atoms with E-state index >= 15 is 0 Å². The van der Waals surface area contributed by atoms with Gasteiger partial charge in [0.25, 0.3) is 0 Å². The molecule has 0 aliphatic heterocycles. The summed E-state index contributed by atoms with van der Waals surface area (Å²) < 4.78 is 4.95. The molecule has 0 spiro atoms. The Kier molecular flexibility index (Phi) is 6.41. The average Bonchev–Trinajstić information content (AvgIpc) is 2.41. The van der Waals surface area contributed by atoms with Crippen molar-refractivity contribution >= 4 is 5.91 Å². The van der Waals surface area contributed by atoms with Gasteiger partial charge >= 0.3 is 0 Å². The van der Waals surface area contributed by atoms with Crippen molar-refractivity contribution in [2.75, 3.05) is 13.7 Å². The normalized spacial score (nSPS) is 13.3. The topological polar surface area (TPSA) is 38.3 Å². The maximum atomic E-state index is 11.9. The second-order valence-corrected chi connectivity index (χ2v) is 6.90. The molecule has 0 saturated heterocycles. The third-order valence-corrected chi connectivity index (χ3v) is 3.65. The molecule has 3 nitrogen and oxygen atoms in total. The first-order chi connectivity index (χ1) is 9.75. The molecule has 1 aromatic rings. The first-order valence-electron chi connectivity index (χ1n) is 7.64. The van der Waals surface area contributed by atoms with Crippen LogP contribution >= 0.6 is 0 Å². The number of hydrogen-bond donors (Lipinski definition) is 1. The number of carbonyl (C=O) groups excluding carboxylic acids is 1. The highest BCUT2D eigenvalue weighted by Crippen LogP contribution is 2.26. The van der Waals surface area contributed by atoms with Gasteiger partial charge in [-0.2, -0.15) is 0 Å². The van der Waals surface area contributed by atoms with Gasteiger partial charge in [0.05, 0.1) is 12.6 Å². The second-order valence-electron chi connectivity index (χ2n) is 6.90. The van der Waals surface area contributed by atoms with Gasteiger partial charge in [-0.05, 0) is 22.5 Å². The van der Waals surface area contributed by atoms with Crippen LogP contribution in [0.3, 0.4) is 0 Å². The Balaban J connectivity index is 2.84. The van der Waals surface area contributed by atoms with Crippen LogP contribution in [0.25, 0.3) is 0 Å². The van der Waals surface area contributed by atoms with Gasteiger partial charge in [0, 0.05) is 13.5 Å². The minimum Gasteiger partial charge on any atom is -0.384 e. The third kappa shape index (κ3) is 5.50. The molecule has 118 valence electrons. The van der Waals surface area contributed by atoms with E-state index in [2.05, 4.69) is 64.2 Å². The van der Waals surface area contributed by atoms with Crippen LogP contribution in [0.2, 0.25) is 0 Å². The molecule has 0 radical (unpaired) electrons. The van der Waals surface area contributed by atoms with Gasteiger partial charge in [0.1, 0.15) is 0 Å². The molecule has 0 saturated carbocycles.